The second kappa shape index (κ2) is 5.87. The fourth-order valence-electron chi connectivity index (χ4n) is 1.85. The smallest absolute Gasteiger partial charge is 0.122 e. The van der Waals surface area contributed by atoms with Gasteiger partial charge < -0.3 is 9.84 Å². The average molecular weight is 327 g/mol. The Kier molecular flexibility index (Phi) is 4.43. The van der Waals surface area contributed by atoms with Gasteiger partial charge in [0.15, 0.2) is 0 Å². The number of ether oxygens (including phenoxy) is 1. The molecule has 0 spiro atoms. The van der Waals surface area contributed by atoms with Crippen molar-refractivity contribution in [2.75, 3.05) is 7.11 Å². The SMILES string of the molecule is COc1ccc(Br)cc1CC(O)c1ccc(C)s1. The largest absolute Gasteiger partial charge is 0.496 e. The Morgan fingerprint density at radius 2 is 2.11 bits per heavy atom. The van der Waals surface area contributed by atoms with Gasteiger partial charge in [-0.2, -0.15) is 0 Å². The molecule has 1 aromatic carbocycles. The number of rotatable bonds is 4. The first-order valence-corrected chi connectivity index (χ1v) is 7.28. The monoisotopic (exact) mass is 326 g/mol. The molecule has 0 saturated heterocycles. The number of halogens is 1. The molecule has 0 radical (unpaired) electrons. The van der Waals surface area contributed by atoms with Crippen molar-refractivity contribution in [3.05, 3.63) is 50.1 Å². The van der Waals surface area contributed by atoms with E-state index in [1.54, 1.807) is 18.4 Å². The zero-order valence-corrected chi connectivity index (χ0v) is 12.7. The minimum Gasteiger partial charge on any atom is -0.496 e. The Balaban J connectivity index is 2.20. The quantitative estimate of drug-likeness (QED) is 0.916. The van der Waals surface area contributed by atoms with E-state index in [4.69, 9.17) is 4.74 Å². The fourth-order valence-corrected chi connectivity index (χ4v) is 3.12. The number of aryl methyl sites for hydroxylation is 1. The van der Waals surface area contributed by atoms with E-state index < -0.39 is 6.10 Å². The Hall–Kier alpha value is -0.840. The fraction of sp³-hybridized carbons (Fsp3) is 0.286. The van der Waals surface area contributed by atoms with Crippen LogP contribution in [-0.4, -0.2) is 12.2 Å². The van der Waals surface area contributed by atoms with E-state index in [2.05, 4.69) is 15.9 Å². The van der Waals surface area contributed by atoms with E-state index in [1.165, 1.54) is 4.88 Å². The van der Waals surface area contributed by atoms with Crippen LogP contribution in [0.5, 0.6) is 5.75 Å². The van der Waals surface area contributed by atoms with E-state index in [0.717, 1.165) is 20.7 Å². The Morgan fingerprint density at radius 1 is 1.33 bits per heavy atom. The van der Waals surface area contributed by atoms with Crippen LogP contribution in [0.3, 0.4) is 0 Å². The zero-order chi connectivity index (χ0) is 13.1. The maximum Gasteiger partial charge on any atom is 0.122 e. The van der Waals surface area contributed by atoms with E-state index in [9.17, 15) is 5.11 Å². The molecule has 2 nitrogen and oxygen atoms in total. The number of hydrogen-bond acceptors (Lipinski definition) is 3. The van der Waals surface area contributed by atoms with Crippen LogP contribution in [0, 0.1) is 6.92 Å². The van der Waals surface area contributed by atoms with Gasteiger partial charge in [-0.1, -0.05) is 15.9 Å². The lowest BCUT2D eigenvalue weighted by molar-refractivity contribution is 0.181. The summed E-state index contributed by atoms with van der Waals surface area (Å²) in [6.45, 7) is 2.04. The molecule has 0 aliphatic carbocycles. The predicted octanol–water partition coefficient (Wildman–Crippen LogP) is 4.10. The van der Waals surface area contributed by atoms with Gasteiger partial charge in [0.2, 0.25) is 0 Å². The van der Waals surface area contributed by atoms with Crippen LogP contribution in [0.1, 0.15) is 21.4 Å². The number of hydrogen-bond donors (Lipinski definition) is 1. The lowest BCUT2D eigenvalue weighted by atomic mass is 10.1. The highest BCUT2D eigenvalue weighted by atomic mass is 79.9. The number of aliphatic hydroxyl groups is 1. The van der Waals surface area contributed by atoms with Crippen LogP contribution < -0.4 is 4.74 Å². The van der Waals surface area contributed by atoms with Crippen molar-refractivity contribution in [2.45, 2.75) is 19.4 Å². The molecule has 2 aromatic rings. The third-order valence-electron chi connectivity index (χ3n) is 2.75. The minimum absolute atomic E-state index is 0.480. The predicted molar refractivity (Wildman–Crippen MR) is 78.4 cm³/mol. The van der Waals surface area contributed by atoms with Gasteiger partial charge in [-0.05, 0) is 42.8 Å². The molecule has 1 atom stereocenters. The maximum absolute atomic E-state index is 10.2. The van der Waals surface area contributed by atoms with Crippen LogP contribution in [0.2, 0.25) is 0 Å². The van der Waals surface area contributed by atoms with E-state index >= 15 is 0 Å². The number of benzene rings is 1. The third-order valence-corrected chi connectivity index (χ3v) is 4.34. The first-order chi connectivity index (χ1) is 8.60. The summed E-state index contributed by atoms with van der Waals surface area (Å²) < 4.78 is 6.31. The standard InChI is InChI=1S/C14H15BrO2S/c1-9-3-6-14(18-9)12(16)8-10-7-11(15)4-5-13(10)17-2/h3-7,12,16H,8H2,1-2H3. The molecule has 0 aliphatic rings. The maximum atomic E-state index is 10.2. The van der Waals surface area contributed by atoms with Gasteiger partial charge in [0, 0.05) is 20.6 Å². The lowest BCUT2D eigenvalue weighted by Crippen LogP contribution is -2.01. The van der Waals surface area contributed by atoms with Crippen LogP contribution in [0.15, 0.2) is 34.8 Å². The molecular weight excluding hydrogens is 312 g/mol. The second-order valence-electron chi connectivity index (χ2n) is 4.12. The first-order valence-electron chi connectivity index (χ1n) is 5.67. The molecule has 96 valence electrons. The van der Waals surface area contributed by atoms with Crippen LogP contribution in [0.25, 0.3) is 0 Å². The van der Waals surface area contributed by atoms with Crippen molar-refractivity contribution in [1.82, 2.24) is 0 Å². The molecule has 2 rings (SSSR count). The van der Waals surface area contributed by atoms with Crippen LogP contribution in [-0.2, 0) is 6.42 Å². The number of aliphatic hydroxyl groups excluding tert-OH is 1. The van der Waals surface area contributed by atoms with Gasteiger partial charge in [-0.15, -0.1) is 11.3 Å². The molecule has 18 heavy (non-hydrogen) atoms. The summed E-state index contributed by atoms with van der Waals surface area (Å²) in [5.41, 5.74) is 1.01. The van der Waals surface area contributed by atoms with E-state index in [-0.39, 0.29) is 0 Å². The zero-order valence-electron chi connectivity index (χ0n) is 10.3. The topological polar surface area (TPSA) is 29.5 Å². The molecule has 4 heteroatoms. The Morgan fingerprint density at radius 3 is 2.72 bits per heavy atom. The normalized spacial score (nSPS) is 12.4. The molecule has 0 bridgehead atoms. The summed E-state index contributed by atoms with van der Waals surface area (Å²) in [4.78, 5) is 2.21. The van der Waals surface area contributed by atoms with Gasteiger partial charge in [0.1, 0.15) is 5.75 Å². The molecule has 0 amide bonds. The number of methoxy groups -OCH3 is 1. The van der Waals surface area contributed by atoms with Gasteiger partial charge in [0.05, 0.1) is 13.2 Å². The third kappa shape index (κ3) is 3.13. The molecule has 0 fully saturated rings. The highest BCUT2D eigenvalue weighted by Crippen LogP contribution is 2.30. The molecule has 1 N–H and O–H groups in total. The number of thiophene rings is 1. The summed E-state index contributed by atoms with van der Waals surface area (Å²) in [6.07, 6.45) is 0.0784. The van der Waals surface area contributed by atoms with Crippen molar-refractivity contribution in [3.8, 4) is 5.75 Å². The summed E-state index contributed by atoms with van der Waals surface area (Å²) in [7, 11) is 1.65. The molecule has 1 unspecified atom stereocenters. The minimum atomic E-state index is -0.480. The van der Waals surface area contributed by atoms with Gasteiger partial charge in [-0.25, -0.2) is 0 Å². The molecule has 0 saturated carbocycles. The Labute approximate surface area is 119 Å². The lowest BCUT2D eigenvalue weighted by Gasteiger charge is -2.12. The van der Waals surface area contributed by atoms with Gasteiger partial charge in [-0.3, -0.25) is 0 Å². The summed E-state index contributed by atoms with van der Waals surface area (Å²) in [5.74, 6) is 0.811. The van der Waals surface area contributed by atoms with Crippen molar-refractivity contribution >= 4 is 27.3 Å². The van der Waals surface area contributed by atoms with Gasteiger partial charge in [0.25, 0.3) is 0 Å². The summed E-state index contributed by atoms with van der Waals surface area (Å²) in [6, 6.07) is 9.84. The molecule has 1 heterocycles. The Bertz CT molecular complexity index is 536. The van der Waals surface area contributed by atoms with E-state index in [0.29, 0.717) is 6.42 Å². The van der Waals surface area contributed by atoms with Crippen molar-refractivity contribution < 1.29 is 9.84 Å². The molecule has 0 aliphatic heterocycles. The second-order valence-corrected chi connectivity index (χ2v) is 6.36. The summed E-state index contributed by atoms with van der Waals surface area (Å²) in [5, 5.41) is 10.2. The average Bonchev–Trinajstić information content (AvgIpc) is 2.76. The van der Waals surface area contributed by atoms with Crippen LogP contribution in [0.4, 0.5) is 0 Å². The van der Waals surface area contributed by atoms with Crippen LogP contribution >= 0.6 is 27.3 Å². The highest BCUT2D eigenvalue weighted by molar-refractivity contribution is 9.10. The highest BCUT2D eigenvalue weighted by Gasteiger charge is 2.13. The van der Waals surface area contributed by atoms with Crippen molar-refractivity contribution in [2.24, 2.45) is 0 Å². The van der Waals surface area contributed by atoms with Crippen molar-refractivity contribution in [3.63, 3.8) is 0 Å². The van der Waals surface area contributed by atoms with Crippen molar-refractivity contribution in [1.29, 1.82) is 0 Å². The van der Waals surface area contributed by atoms with Gasteiger partial charge >= 0.3 is 0 Å². The molecule has 1 aromatic heterocycles. The first kappa shape index (κ1) is 13.6. The summed E-state index contributed by atoms with van der Waals surface area (Å²) >= 11 is 5.07. The van der Waals surface area contributed by atoms with E-state index in [1.807, 2.05) is 37.3 Å². The molecular formula is C14H15BrO2S.